The average Bonchev–Trinajstić information content (AvgIpc) is 3.06. The van der Waals surface area contributed by atoms with Gasteiger partial charge in [0.1, 0.15) is 0 Å². The number of rotatable bonds is 2. The first-order valence-electron chi connectivity index (χ1n) is 10.7. The number of hydrogen-bond acceptors (Lipinski definition) is 3. The molecule has 1 aliphatic carbocycles. The molecule has 0 saturated heterocycles. The normalized spacial score (nSPS) is 13.7. The smallest absolute Gasteiger partial charge is 0.208 e. The number of fused-ring (bicyclic) bond motifs is 4. The highest BCUT2D eigenvalue weighted by Gasteiger charge is 2.37. The van der Waals surface area contributed by atoms with Crippen molar-refractivity contribution in [3.05, 3.63) is 101 Å². The van der Waals surface area contributed by atoms with E-state index in [1.807, 2.05) is 24.3 Å². The molecule has 32 heavy (non-hydrogen) atoms. The number of hydrogen-bond donors (Lipinski definition) is 0. The minimum atomic E-state index is -0.0861. The van der Waals surface area contributed by atoms with E-state index in [4.69, 9.17) is 16.6 Å². The van der Waals surface area contributed by atoms with Gasteiger partial charge in [0.05, 0.1) is 0 Å². The van der Waals surface area contributed by atoms with Gasteiger partial charge in [-0.3, -0.25) is 0 Å². The second-order valence-electron chi connectivity index (χ2n) is 8.68. The Morgan fingerprint density at radius 2 is 1.19 bits per heavy atom. The summed E-state index contributed by atoms with van der Waals surface area (Å²) < 4.78 is 0. The summed E-state index contributed by atoms with van der Waals surface area (Å²) in [4.78, 5) is 14.0. The first-order valence-corrected chi connectivity index (χ1v) is 11.1. The van der Waals surface area contributed by atoms with Crippen molar-refractivity contribution in [1.29, 1.82) is 0 Å². The summed E-state index contributed by atoms with van der Waals surface area (Å²) in [5, 5.41) is 2.42. The molecule has 4 aromatic carbocycles. The van der Waals surface area contributed by atoms with Crippen molar-refractivity contribution in [2.24, 2.45) is 0 Å². The fourth-order valence-electron chi connectivity index (χ4n) is 4.95. The molecule has 4 heteroatoms. The maximum atomic E-state index is 6.45. The zero-order valence-corrected chi connectivity index (χ0v) is 18.6. The van der Waals surface area contributed by atoms with Crippen LogP contribution in [0.1, 0.15) is 25.0 Å². The molecule has 0 aliphatic heterocycles. The lowest BCUT2D eigenvalue weighted by Gasteiger charge is -2.21. The quantitative estimate of drug-likeness (QED) is 0.292. The standard InChI is InChI=1S/C28H20ClN3/c1-28(2)22-15-6-5-12-20(22)24-21(14-8-16-23(24)28)26-30-25(31-27(29)32-26)19-13-7-10-17-9-3-4-11-18(17)19/h3-16H,1-2H3. The Morgan fingerprint density at radius 3 is 2.06 bits per heavy atom. The Hall–Kier alpha value is -3.56. The molecular formula is C28H20ClN3. The van der Waals surface area contributed by atoms with Crippen molar-refractivity contribution in [2.45, 2.75) is 19.3 Å². The molecule has 3 nitrogen and oxygen atoms in total. The number of benzene rings is 4. The van der Waals surface area contributed by atoms with Gasteiger partial charge in [0.2, 0.25) is 5.28 Å². The van der Waals surface area contributed by atoms with Crippen molar-refractivity contribution in [2.75, 3.05) is 0 Å². The maximum absolute atomic E-state index is 6.45. The van der Waals surface area contributed by atoms with Crippen LogP contribution in [0, 0.1) is 0 Å². The van der Waals surface area contributed by atoms with Gasteiger partial charge in [-0.25, -0.2) is 4.98 Å². The van der Waals surface area contributed by atoms with E-state index in [0.717, 1.165) is 21.9 Å². The lowest BCUT2D eigenvalue weighted by atomic mass is 9.82. The van der Waals surface area contributed by atoms with Crippen LogP contribution in [0.25, 0.3) is 44.7 Å². The first kappa shape index (κ1) is 19.1. The van der Waals surface area contributed by atoms with Crippen LogP contribution in [0.4, 0.5) is 0 Å². The van der Waals surface area contributed by atoms with Crippen molar-refractivity contribution in [3.8, 4) is 33.9 Å². The summed E-state index contributed by atoms with van der Waals surface area (Å²) >= 11 is 6.45. The third kappa shape index (κ3) is 2.78. The van der Waals surface area contributed by atoms with Gasteiger partial charge in [0.25, 0.3) is 0 Å². The van der Waals surface area contributed by atoms with E-state index in [2.05, 4.69) is 84.5 Å². The highest BCUT2D eigenvalue weighted by Crippen LogP contribution is 2.51. The van der Waals surface area contributed by atoms with Crippen LogP contribution in [0.3, 0.4) is 0 Å². The first-order chi connectivity index (χ1) is 15.5. The van der Waals surface area contributed by atoms with Crippen molar-refractivity contribution in [3.63, 3.8) is 0 Å². The van der Waals surface area contributed by atoms with Crippen molar-refractivity contribution >= 4 is 22.4 Å². The predicted octanol–water partition coefficient (Wildman–Crippen LogP) is 7.32. The van der Waals surface area contributed by atoms with Crippen LogP contribution in [-0.2, 0) is 5.41 Å². The molecule has 0 N–H and O–H groups in total. The van der Waals surface area contributed by atoms with Crippen LogP contribution in [-0.4, -0.2) is 15.0 Å². The zero-order chi connectivity index (χ0) is 21.9. The number of halogens is 1. The van der Waals surface area contributed by atoms with Crippen molar-refractivity contribution < 1.29 is 0 Å². The van der Waals surface area contributed by atoms with Crippen LogP contribution < -0.4 is 0 Å². The summed E-state index contributed by atoms with van der Waals surface area (Å²) in [5.74, 6) is 1.18. The Balaban J connectivity index is 1.61. The van der Waals surface area contributed by atoms with Gasteiger partial charge in [0.15, 0.2) is 11.6 Å². The summed E-state index contributed by atoms with van der Waals surface area (Å²) in [5.41, 5.74) is 6.84. The minimum absolute atomic E-state index is 0.0861. The second kappa shape index (κ2) is 6.98. The Kier molecular flexibility index (Phi) is 4.17. The highest BCUT2D eigenvalue weighted by atomic mass is 35.5. The Labute approximate surface area is 191 Å². The highest BCUT2D eigenvalue weighted by molar-refractivity contribution is 6.28. The Morgan fingerprint density at radius 1 is 0.594 bits per heavy atom. The molecule has 0 unspecified atom stereocenters. The summed E-state index contributed by atoms with van der Waals surface area (Å²) in [6, 6.07) is 29.3. The van der Waals surface area contributed by atoms with E-state index >= 15 is 0 Å². The molecule has 1 heterocycles. The zero-order valence-electron chi connectivity index (χ0n) is 17.8. The maximum Gasteiger partial charge on any atom is 0.226 e. The van der Waals surface area contributed by atoms with Crippen LogP contribution in [0.15, 0.2) is 84.9 Å². The number of nitrogens with zero attached hydrogens (tertiary/aromatic N) is 3. The van der Waals surface area contributed by atoms with Crippen LogP contribution in [0.2, 0.25) is 5.28 Å². The average molecular weight is 434 g/mol. The van der Waals surface area contributed by atoms with E-state index in [1.54, 1.807) is 0 Å². The molecule has 1 aromatic heterocycles. The Bertz CT molecular complexity index is 1520. The summed E-state index contributed by atoms with van der Waals surface area (Å²) in [6.07, 6.45) is 0. The molecule has 154 valence electrons. The predicted molar refractivity (Wildman–Crippen MR) is 131 cm³/mol. The molecule has 0 amide bonds. The lowest BCUT2D eigenvalue weighted by Crippen LogP contribution is -2.14. The van der Waals surface area contributed by atoms with Gasteiger partial charge in [-0.15, -0.1) is 0 Å². The molecule has 0 radical (unpaired) electrons. The van der Waals surface area contributed by atoms with E-state index in [1.165, 1.54) is 22.3 Å². The SMILES string of the molecule is CC1(C)c2ccccc2-c2c(-c3nc(Cl)nc(-c4cccc5ccccc45)n3)cccc21. The molecule has 0 saturated carbocycles. The van der Waals surface area contributed by atoms with Gasteiger partial charge in [-0.2, -0.15) is 9.97 Å². The van der Waals surface area contributed by atoms with Gasteiger partial charge < -0.3 is 0 Å². The van der Waals surface area contributed by atoms with E-state index < -0.39 is 0 Å². The van der Waals surface area contributed by atoms with Crippen LogP contribution >= 0.6 is 11.6 Å². The topological polar surface area (TPSA) is 38.7 Å². The van der Waals surface area contributed by atoms with Gasteiger partial charge in [0, 0.05) is 16.5 Å². The fourth-order valence-corrected chi connectivity index (χ4v) is 5.11. The van der Waals surface area contributed by atoms with Gasteiger partial charge >= 0.3 is 0 Å². The summed E-state index contributed by atoms with van der Waals surface area (Å²) in [6.45, 7) is 4.53. The molecule has 6 rings (SSSR count). The summed E-state index contributed by atoms with van der Waals surface area (Å²) in [7, 11) is 0. The van der Waals surface area contributed by atoms with E-state index in [9.17, 15) is 0 Å². The molecular weight excluding hydrogens is 414 g/mol. The van der Waals surface area contributed by atoms with Crippen LogP contribution in [0.5, 0.6) is 0 Å². The third-order valence-electron chi connectivity index (χ3n) is 6.49. The molecule has 1 aliphatic rings. The fraction of sp³-hybridized carbons (Fsp3) is 0.107. The monoisotopic (exact) mass is 433 g/mol. The molecule has 5 aromatic rings. The van der Waals surface area contributed by atoms with E-state index in [-0.39, 0.29) is 10.7 Å². The van der Waals surface area contributed by atoms with Crippen molar-refractivity contribution in [1.82, 2.24) is 15.0 Å². The molecule has 0 spiro atoms. The lowest BCUT2D eigenvalue weighted by molar-refractivity contribution is 0.660. The number of aromatic nitrogens is 3. The molecule has 0 fully saturated rings. The molecule has 0 atom stereocenters. The third-order valence-corrected chi connectivity index (χ3v) is 6.66. The van der Waals surface area contributed by atoms with Gasteiger partial charge in [-0.05, 0) is 44.6 Å². The minimum Gasteiger partial charge on any atom is -0.208 e. The second-order valence-corrected chi connectivity index (χ2v) is 9.02. The van der Waals surface area contributed by atoms with E-state index in [0.29, 0.717) is 11.6 Å². The largest absolute Gasteiger partial charge is 0.226 e. The van der Waals surface area contributed by atoms with Gasteiger partial charge in [-0.1, -0.05) is 98.8 Å². The molecule has 0 bridgehead atoms.